The van der Waals surface area contributed by atoms with Gasteiger partial charge < -0.3 is 20.1 Å². The average Bonchev–Trinajstić information content (AvgIpc) is 2.48. The van der Waals surface area contributed by atoms with Gasteiger partial charge in [-0.05, 0) is 19.1 Å². The Morgan fingerprint density at radius 3 is 2.55 bits per heavy atom. The SMILES string of the molecule is CCOc1nc(NC)nc(Nc2ccccc2OC)n1. The topological polar surface area (TPSA) is 81.2 Å². The Labute approximate surface area is 117 Å². The third-order valence-corrected chi connectivity index (χ3v) is 2.47. The first kappa shape index (κ1) is 13.9. The Hall–Kier alpha value is -2.57. The van der Waals surface area contributed by atoms with Gasteiger partial charge in [0.15, 0.2) is 0 Å². The number of methoxy groups -OCH3 is 1. The summed E-state index contributed by atoms with van der Waals surface area (Å²) in [6.07, 6.45) is 0. The molecular formula is C13H17N5O2. The number of rotatable bonds is 6. The van der Waals surface area contributed by atoms with Gasteiger partial charge in [-0.25, -0.2) is 0 Å². The molecule has 2 aromatic rings. The predicted molar refractivity (Wildman–Crippen MR) is 76.8 cm³/mol. The van der Waals surface area contributed by atoms with Gasteiger partial charge in [0.1, 0.15) is 5.75 Å². The number of nitrogens with one attached hydrogen (secondary N) is 2. The molecule has 1 aromatic carbocycles. The van der Waals surface area contributed by atoms with Crippen LogP contribution in [-0.4, -0.2) is 35.7 Å². The lowest BCUT2D eigenvalue weighted by Gasteiger charge is -2.11. The van der Waals surface area contributed by atoms with Crippen molar-refractivity contribution in [2.45, 2.75) is 6.92 Å². The van der Waals surface area contributed by atoms with Crippen LogP contribution in [0.5, 0.6) is 11.8 Å². The number of aromatic nitrogens is 3. The highest BCUT2D eigenvalue weighted by Gasteiger charge is 2.08. The van der Waals surface area contributed by atoms with Gasteiger partial charge in [-0.15, -0.1) is 0 Å². The van der Waals surface area contributed by atoms with Crippen LogP contribution in [0.1, 0.15) is 6.92 Å². The summed E-state index contributed by atoms with van der Waals surface area (Å²) in [4.78, 5) is 12.5. The van der Waals surface area contributed by atoms with Crippen LogP contribution in [0.2, 0.25) is 0 Å². The number of hydrogen-bond acceptors (Lipinski definition) is 7. The van der Waals surface area contributed by atoms with Gasteiger partial charge in [0, 0.05) is 7.05 Å². The summed E-state index contributed by atoms with van der Waals surface area (Å²) in [5.41, 5.74) is 0.769. The molecule has 7 heteroatoms. The third kappa shape index (κ3) is 3.25. The molecule has 2 N–H and O–H groups in total. The zero-order chi connectivity index (χ0) is 14.4. The van der Waals surface area contributed by atoms with Gasteiger partial charge in [-0.2, -0.15) is 15.0 Å². The zero-order valence-corrected chi connectivity index (χ0v) is 11.7. The van der Waals surface area contributed by atoms with Gasteiger partial charge in [0.2, 0.25) is 11.9 Å². The van der Waals surface area contributed by atoms with Crippen molar-refractivity contribution < 1.29 is 9.47 Å². The van der Waals surface area contributed by atoms with Crippen LogP contribution in [0.3, 0.4) is 0 Å². The maximum Gasteiger partial charge on any atom is 0.323 e. The molecule has 0 aliphatic carbocycles. The van der Waals surface area contributed by atoms with E-state index < -0.39 is 0 Å². The monoisotopic (exact) mass is 275 g/mol. The summed E-state index contributed by atoms with van der Waals surface area (Å²) in [6, 6.07) is 7.79. The van der Waals surface area contributed by atoms with Crippen LogP contribution in [0.15, 0.2) is 24.3 Å². The molecule has 20 heavy (non-hydrogen) atoms. The molecule has 106 valence electrons. The molecule has 1 aromatic heterocycles. The van der Waals surface area contributed by atoms with E-state index in [1.165, 1.54) is 0 Å². The second-order valence-electron chi connectivity index (χ2n) is 3.77. The second-order valence-corrected chi connectivity index (χ2v) is 3.77. The summed E-state index contributed by atoms with van der Waals surface area (Å²) in [6.45, 7) is 2.36. The molecule has 0 unspecified atom stereocenters. The molecule has 1 heterocycles. The van der Waals surface area contributed by atoms with Gasteiger partial charge >= 0.3 is 6.01 Å². The van der Waals surface area contributed by atoms with Crippen molar-refractivity contribution in [3.63, 3.8) is 0 Å². The van der Waals surface area contributed by atoms with Crippen molar-refractivity contribution in [1.82, 2.24) is 15.0 Å². The van der Waals surface area contributed by atoms with Crippen molar-refractivity contribution in [1.29, 1.82) is 0 Å². The lowest BCUT2D eigenvalue weighted by atomic mass is 10.3. The van der Waals surface area contributed by atoms with Crippen molar-refractivity contribution >= 4 is 17.6 Å². The van der Waals surface area contributed by atoms with E-state index in [2.05, 4.69) is 25.6 Å². The molecule has 0 radical (unpaired) electrons. The summed E-state index contributed by atoms with van der Waals surface area (Å²) in [7, 11) is 3.34. The van der Waals surface area contributed by atoms with Gasteiger partial charge in [-0.1, -0.05) is 12.1 Å². The number of nitrogens with zero attached hydrogens (tertiary/aromatic N) is 3. The Balaban J connectivity index is 2.30. The van der Waals surface area contributed by atoms with Crippen LogP contribution < -0.4 is 20.1 Å². The van der Waals surface area contributed by atoms with E-state index in [1.54, 1.807) is 14.2 Å². The molecular weight excluding hydrogens is 258 g/mol. The maximum atomic E-state index is 5.31. The fraction of sp³-hybridized carbons (Fsp3) is 0.308. The van der Waals surface area contributed by atoms with Crippen LogP contribution in [0, 0.1) is 0 Å². The van der Waals surface area contributed by atoms with E-state index >= 15 is 0 Å². The number of para-hydroxylation sites is 2. The molecule has 7 nitrogen and oxygen atoms in total. The lowest BCUT2D eigenvalue weighted by molar-refractivity contribution is 0.312. The van der Waals surface area contributed by atoms with Crippen LogP contribution in [0.25, 0.3) is 0 Å². The fourth-order valence-electron chi connectivity index (χ4n) is 1.59. The quantitative estimate of drug-likeness (QED) is 0.835. The van der Waals surface area contributed by atoms with E-state index in [9.17, 15) is 0 Å². The normalized spacial score (nSPS) is 9.95. The minimum Gasteiger partial charge on any atom is -0.495 e. The molecule has 0 aliphatic heterocycles. The summed E-state index contributed by atoms with van der Waals surface area (Å²) in [5, 5.41) is 5.96. The first-order valence-electron chi connectivity index (χ1n) is 6.23. The molecule has 2 rings (SSSR count). The number of benzene rings is 1. The minimum absolute atomic E-state index is 0.268. The highest BCUT2D eigenvalue weighted by molar-refractivity contribution is 5.62. The maximum absolute atomic E-state index is 5.31. The Morgan fingerprint density at radius 1 is 1.10 bits per heavy atom. The van der Waals surface area contributed by atoms with Crippen LogP contribution >= 0.6 is 0 Å². The summed E-state index contributed by atoms with van der Waals surface area (Å²) in [5.74, 6) is 1.52. The number of ether oxygens (including phenoxy) is 2. The molecule has 0 atom stereocenters. The van der Waals surface area contributed by atoms with Crippen molar-refractivity contribution in [3.8, 4) is 11.8 Å². The van der Waals surface area contributed by atoms with Crippen molar-refractivity contribution in [2.75, 3.05) is 31.4 Å². The fourth-order valence-corrected chi connectivity index (χ4v) is 1.59. The molecule has 0 saturated carbocycles. The molecule has 0 fully saturated rings. The lowest BCUT2D eigenvalue weighted by Crippen LogP contribution is -2.07. The van der Waals surface area contributed by atoms with E-state index in [0.717, 1.165) is 5.69 Å². The molecule has 0 bridgehead atoms. The van der Waals surface area contributed by atoms with Crippen molar-refractivity contribution in [2.24, 2.45) is 0 Å². The van der Waals surface area contributed by atoms with Gasteiger partial charge in [-0.3, -0.25) is 0 Å². The minimum atomic E-state index is 0.268. The molecule has 0 aliphatic rings. The molecule has 0 spiro atoms. The Morgan fingerprint density at radius 2 is 1.85 bits per heavy atom. The van der Waals surface area contributed by atoms with Crippen molar-refractivity contribution in [3.05, 3.63) is 24.3 Å². The third-order valence-electron chi connectivity index (χ3n) is 2.47. The number of anilines is 3. The predicted octanol–water partition coefficient (Wildman–Crippen LogP) is 2.06. The van der Waals surface area contributed by atoms with E-state index in [-0.39, 0.29) is 6.01 Å². The first-order chi connectivity index (χ1) is 9.76. The molecule has 0 amide bonds. The highest BCUT2D eigenvalue weighted by atomic mass is 16.5. The summed E-state index contributed by atoms with van der Waals surface area (Å²) >= 11 is 0. The zero-order valence-electron chi connectivity index (χ0n) is 11.7. The smallest absolute Gasteiger partial charge is 0.323 e. The summed E-state index contributed by atoms with van der Waals surface area (Å²) < 4.78 is 10.6. The molecule has 0 saturated heterocycles. The van der Waals surface area contributed by atoms with Crippen LogP contribution in [0.4, 0.5) is 17.6 Å². The standard InChI is InChI=1S/C13H17N5O2/c1-4-20-13-17-11(14-2)16-12(18-13)15-9-7-5-6-8-10(9)19-3/h5-8H,4H2,1-3H3,(H2,14,15,16,17,18). The Kier molecular flexibility index (Phi) is 4.54. The van der Waals surface area contributed by atoms with E-state index in [4.69, 9.17) is 9.47 Å². The van der Waals surface area contributed by atoms with Crippen LogP contribution in [-0.2, 0) is 0 Å². The Bertz CT molecular complexity index is 576. The van der Waals surface area contributed by atoms with Gasteiger partial charge in [0.25, 0.3) is 0 Å². The average molecular weight is 275 g/mol. The number of hydrogen-bond donors (Lipinski definition) is 2. The second kappa shape index (κ2) is 6.55. The first-order valence-corrected chi connectivity index (χ1v) is 6.23. The largest absolute Gasteiger partial charge is 0.495 e. The van der Waals surface area contributed by atoms with E-state index in [0.29, 0.717) is 24.3 Å². The van der Waals surface area contributed by atoms with E-state index in [1.807, 2.05) is 31.2 Å². The highest BCUT2D eigenvalue weighted by Crippen LogP contribution is 2.26. The van der Waals surface area contributed by atoms with Gasteiger partial charge in [0.05, 0.1) is 19.4 Å².